The van der Waals surface area contributed by atoms with Gasteiger partial charge in [-0.15, -0.1) is 0 Å². The fraction of sp³-hybridized carbons (Fsp3) is 0.250. The van der Waals surface area contributed by atoms with Gasteiger partial charge in [0.25, 0.3) is 0 Å². The van der Waals surface area contributed by atoms with Crippen LogP contribution in [0.5, 0.6) is 11.5 Å². The Labute approximate surface area is 127 Å². The first-order chi connectivity index (χ1) is 9.60. The predicted molar refractivity (Wildman–Crippen MR) is 84.1 cm³/mol. The summed E-state index contributed by atoms with van der Waals surface area (Å²) < 4.78 is 6.19. The molecule has 106 valence electrons. The van der Waals surface area contributed by atoms with Gasteiger partial charge in [0.1, 0.15) is 0 Å². The van der Waals surface area contributed by atoms with Crippen molar-refractivity contribution in [2.75, 3.05) is 7.11 Å². The summed E-state index contributed by atoms with van der Waals surface area (Å²) in [5.74, 6) is 0.663. The molecule has 2 N–H and O–H groups in total. The van der Waals surface area contributed by atoms with Crippen LogP contribution in [-0.4, -0.2) is 12.2 Å². The van der Waals surface area contributed by atoms with Crippen LogP contribution in [0, 0.1) is 0 Å². The number of halogens is 1. The van der Waals surface area contributed by atoms with Gasteiger partial charge in [0.05, 0.1) is 7.11 Å². The zero-order valence-electron chi connectivity index (χ0n) is 11.6. The van der Waals surface area contributed by atoms with E-state index in [0.717, 1.165) is 10.0 Å². The first kappa shape index (κ1) is 14.9. The van der Waals surface area contributed by atoms with Crippen molar-refractivity contribution in [3.8, 4) is 11.5 Å². The normalized spacial score (nSPS) is 12.2. The van der Waals surface area contributed by atoms with Crippen molar-refractivity contribution >= 4 is 15.9 Å². The number of benzene rings is 2. The van der Waals surface area contributed by atoms with E-state index in [2.05, 4.69) is 40.3 Å². The van der Waals surface area contributed by atoms with E-state index in [4.69, 9.17) is 4.74 Å². The number of rotatable bonds is 5. The van der Waals surface area contributed by atoms with E-state index in [1.165, 1.54) is 5.56 Å². The van der Waals surface area contributed by atoms with Gasteiger partial charge in [-0.05, 0) is 42.3 Å². The number of nitrogens with one attached hydrogen (secondary N) is 1. The molecule has 2 aromatic rings. The molecule has 0 heterocycles. The maximum Gasteiger partial charge on any atom is 0.160 e. The van der Waals surface area contributed by atoms with Crippen molar-refractivity contribution < 1.29 is 9.84 Å². The van der Waals surface area contributed by atoms with Gasteiger partial charge in [-0.25, -0.2) is 0 Å². The third-order valence-electron chi connectivity index (χ3n) is 3.21. The molecule has 0 fully saturated rings. The molecule has 0 unspecified atom stereocenters. The van der Waals surface area contributed by atoms with Crippen LogP contribution >= 0.6 is 15.9 Å². The molecular weight excluding hydrogens is 318 g/mol. The van der Waals surface area contributed by atoms with Crippen LogP contribution in [0.25, 0.3) is 0 Å². The second kappa shape index (κ2) is 6.77. The van der Waals surface area contributed by atoms with Gasteiger partial charge >= 0.3 is 0 Å². The summed E-state index contributed by atoms with van der Waals surface area (Å²) in [6.07, 6.45) is 0. The van der Waals surface area contributed by atoms with Gasteiger partial charge < -0.3 is 15.2 Å². The average Bonchev–Trinajstić information content (AvgIpc) is 2.46. The highest BCUT2D eigenvalue weighted by Gasteiger charge is 2.07. The lowest BCUT2D eigenvalue weighted by Gasteiger charge is -2.15. The molecular formula is C16H18BrNO2. The molecule has 0 spiro atoms. The minimum Gasteiger partial charge on any atom is -0.504 e. The summed E-state index contributed by atoms with van der Waals surface area (Å²) in [6, 6.07) is 13.9. The first-order valence-corrected chi connectivity index (χ1v) is 7.24. The lowest BCUT2D eigenvalue weighted by atomic mass is 10.1. The van der Waals surface area contributed by atoms with Crippen molar-refractivity contribution in [2.45, 2.75) is 19.5 Å². The van der Waals surface area contributed by atoms with E-state index in [0.29, 0.717) is 12.3 Å². The van der Waals surface area contributed by atoms with Gasteiger partial charge in [-0.3, -0.25) is 0 Å². The third-order valence-corrected chi connectivity index (χ3v) is 3.70. The Morgan fingerprint density at radius 1 is 1.25 bits per heavy atom. The van der Waals surface area contributed by atoms with Crippen molar-refractivity contribution in [1.82, 2.24) is 5.32 Å². The van der Waals surface area contributed by atoms with Gasteiger partial charge in [0.15, 0.2) is 11.5 Å². The molecule has 0 bridgehead atoms. The summed E-state index contributed by atoms with van der Waals surface area (Å²) in [4.78, 5) is 0. The van der Waals surface area contributed by atoms with Crippen molar-refractivity contribution in [3.05, 3.63) is 58.1 Å². The summed E-state index contributed by atoms with van der Waals surface area (Å²) >= 11 is 3.48. The Morgan fingerprint density at radius 3 is 2.75 bits per heavy atom. The molecule has 2 rings (SSSR count). The SMILES string of the molecule is COc1cc(CN[C@H](C)c2cccc(Br)c2)ccc1O. The van der Waals surface area contributed by atoms with E-state index in [-0.39, 0.29) is 11.8 Å². The van der Waals surface area contributed by atoms with Crippen LogP contribution in [0.1, 0.15) is 24.1 Å². The van der Waals surface area contributed by atoms with Crippen molar-refractivity contribution in [2.24, 2.45) is 0 Å². The van der Waals surface area contributed by atoms with Crippen LogP contribution in [-0.2, 0) is 6.54 Å². The molecule has 0 aliphatic rings. The summed E-state index contributed by atoms with van der Waals surface area (Å²) in [6.45, 7) is 2.84. The quantitative estimate of drug-likeness (QED) is 0.867. The van der Waals surface area contributed by atoms with Crippen LogP contribution in [0.4, 0.5) is 0 Å². The number of hydrogen-bond donors (Lipinski definition) is 2. The summed E-state index contributed by atoms with van der Waals surface area (Å²) in [5, 5.41) is 13.0. The summed E-state index contributed by atoms with van der Waals surface area (Å²) in [7, 11) is 1.55. The second-order valence-electron chi connectivity index (χ2n) is 4.66. The lowest BCUT2D eigenvalue weighted by molar-refractivity contribution is 0.372. The number of methoxy groups -OCH3 is 1. The highest BCUT2D eigenvalue weighted by atomic mass is 79.9. The smallest absolute Gasteiger partial charge is 0.160 e. The van der Waals surface area contributed by atoms with Crippen molar-refractivity contribution in [3.63, 3.8) is 0 Å². The van der Waals surface area contributed by atoms with E-state index in [9.17, 15) is 5.11 Å². The van der Waals surface area contributed by atoms with E-state index in [1.54, 1.807) is 13.2 Å². The molecule has 1 atom stereocenters. The van der Waals surface area contributed by atoms with Crippen LogP contribution < -0.4 is 10.1 Å². The fourth-order valence-corrected chi connectivity index (χ4v) is 2.41. The van der Waals surface area contributed by atoms with Crippen LogP contribution in [0.15, 0.2) is 46.9 Å². The molecule has 0 aromatic heterocycles. The minimum absolute atomic E-state index is 0.163. The number of ether oxygens (including phenoxy) is 1. The van der Waals surface area contributed by atoms with Crippen molar-refractivity contribution in [1.29, 1.82) is 0 Å². The third kappa shape index (κ3) is 3.74. The summed E-state index contributed by atoms with van der Waals surface area (Å²) in [5.41, 5.74) is 2.30. The zero-order valence-corrected chi connectivity index (χ0v) is 13.1. The van der Waals surface area contributed by atoms with Gasteiger partial charge in [0.2, 0.25) is 0 Å². The van der Waals surface area contributed by atoms with Gasteiger partial charge in [0, 0.05) is 17.1 Å². The van der Waals surface area contributed by atoms with E-state index >= 15 is 0 Å². The molecule has 2 aromatic carbocycles. The molecule has 0 saturated heterocycles. The molecule has 3 nitrogen and oxygen atoms in total. The number of phenolic OH excluding ortho intramolecular Hbond substituents is 1. The Kier molecular flexibility index (Phi) is 5.04. The zero-order chi connectivity index (χ0) is 14.5. The highest BCUT2D eigenvalue weighted by Crippen LogP contribution is 2.26. The maximum absolute atomic E-state index is 9.57. The standard InChI is InChI=1S/C16H18BrNO2/c1-11(13-4-3-5-14(17)9-13)18-10-12-6-7-15(19)16(8-12)20-2/h3-9,11,18-19H,10H2,1-2H3/t11-/m1/s1. The molecule has 4 heteroatoms. The number of phenols is 1. The Balaban J connectivity index is 2.01. The number of aromatic hydroxyl groups is 1. The minimum atomic E-state index is 0.163. The first-order valence-electron chi connectivity index (χ1n) is 6.45. The van der Waals surface area contributed by atoms with E-state index in [1.807, 2.05) is 24.3 Å². The molecule has 0 amide bonds. The van der Waals surface area contributed by atoms with Gasteiger partial charge in [-0.1, -0.05) is 34.1 Å². The topological polar surface area (TPSA) is 41.5 Å². The Hall–Kier alpha value is -1.52. The van der Waals surface area contributed by atoms with Crippen LogP contribution in [0.3, 0.4) is 0 Å². The fourth-order valence-electron chi connectivity index (χ4n) is 2.00. The number of hydrogen-bond acceptors (Lipinski definition) is 3. The second-order valence-corrected chi connectivity index (χ2v) is 5.58. The highest BCUT2D eigenvalue weighted by molar-refractivity contribution is 9.10. The molecule has 0 aliphatic carbocycles. The molecule has 0 radical (unpaired) electrons. The molecule has 20 heavy (non-hydrogen) atoms. The largest absolute Gasteiger partial charge is 0.504 e. The maximum atomic E-state index is 9.57. The Morgan fingerprint density at radius 2 is 2.05 bits per heavy atom. The van der Waals surface area contributed by atoms with E-state index < -0.39 is 0 Å². The molecule has 0 aliphatic heterocycles. The monoisotopic (exact) mass is 335 g/mol. The molecule has 0 saturated carbocycles. The average molecular weight is 336 g/mol. The lowest BCUT2D eigenvalue weighted by Crippen LogP contribution is -2.18. The Bertz CT molecular complexity index is 586. The van der Waals surface area contributed by atoms with Gasteiger partial charge in [-0.2, -0.15) is 0 Å². The van der Waals surface area contributed by atoms with Crippen LogP contribution in [0.2, 0.25) is 0 Å². The predicted octanol–water partition coefficient (Wildman–Crippen LogP) is 4.01.